The van der Waals surface area contributed by atoms with Crippen LogP contribution in [0.2, 0.25) is 0 Å². The summed E-state index contributed by atoms with van der Waals surface area (Å²) in [7, 11) is -3.53. The molecule has 0 saturated carbocycles. The van der Waals surface area contributed by atoms with E-state index < -0.39 is 10.0 Å². The number of hydrogen-bond donors (Lipinski definition) is 3. The minimum Gasteiger partial charge on any atom is -0.396 e. The number of aromatic amines is 1. The van der Waals surface area contributed by atoms with Gasteiger partial charge >= 0.3 is 0 Å². The van der Waals surface area contributed by atoms with Crippen LogP contribution in [-0.4, -0.2) is 36.9 Å². The Morgan fingerprint density at radius 2 is 2.11 bits per heavy atom. The smallest absolute Gasteiger partial charge is 0.244 e. The van der Waals surface area contributed by atoms with Gasteiger partial charge in [-0.05, 0) is 26.2 Å². The third-order valence-electron chi connectivity index (χ3n) is 3.01. The fourth-order valence-electron chi connectivity index (χ4n) is 1.87. The molecule has 104 valence electrons. The van der Waals surface area contributed by atoms with Gasteiger partial charge in [0.15, 0.2) is 0 Å². The van der Waals surface area contributed by atoms with Gasteiger partial charge in [0.1, 0.15) is 4.90 Å². The Balaban J connectivity index is 2.77. The molecule has 1 unspecified atom stereocenters. The average Bonchev–Trinajstić information content (AvgIpc) is 2.65. The fourth-order valence-corrected chi connectivity index (χ4v) is 3.35. The van der Waals surface area contributed by atoms with Crippen molar-refractivity contribution in [3.8, 4) is 0 Å². The number of hydrogen-bond acceptors (Lipinski definition) is 4. The molecule has 3 N–H and O–H groups in total. The number of aromatic nitrogens is 2. The van der Waals surface area contributed by atoms with Crippen LogP contribution in [0.15, 0.2) is 4.90 Å². The second-order valence-corrected chi connectivity index (χ2v) is 6.11. The Morgan fingerprint density at radius 3 is 2.56 bits per heavy atom. The molecule has 1 heterocycles. The van der Waals surface area contributed by atoms with Crippen LogP contribution in [0.5, 0.6) is 0 Å². The summed E-state index contributed by atoms with van der Waals surface area (Å²) < 4.78 is 26.8. The molecule has 0 aromatic carbocycles. The molecule has 0 spiro atoms. The topological polar surface area (TPSA) is 95.1 Å². The Morgan fingerprint density at radius 1 is 1.44 bits per heavy atom. The molecule has 0 aliphatic carbocycles. The number of aryl methyl sites for hydroxylation is 2. The summed E-state index contributed by atoms with van der Waals surface area (Å²) in [6.45, 7) is 5.72. The van der Waals surface area contributed by atoms with E-state index in [1.165, 1.54) is 0 Å². The summed E-state index contributed by atoms with van der Waals surface area (Å²) in [5.74, 6) is 0.150. The zero-order chi connectivity index (χ0) is 13.8. The molecule has 1 rings (SSSR count). The van der Waals surface area contributed by atoms with Crippen molar-refractivity contribution in [3.63, 3.8) is 0 Å². The second-order valence-electron chi connectivity index (χ2n) is 4.40. The lowest BCUT2D eigenvalue weighted by Crippen LogP contribution is -2.30. The van der Waals surface area contributed by atoms with Gasteiger partial charge in [-0.3, -0.25) is 5.10 Å². The molecule has 18 heavy (non-hydrogen) atoms. The summed E-state index contributed by atoms with van der Waals surface area (Å²) in [4.78, 5) is 0.223. The SMILES string of the molecule is CCC(CCO)CNS(=O)(=O)c1c(C)n[nH]c1C. The van der Waals surface area contributed by atoms with Crippen LogP contribution < -0.4 is 4.72 Å². The number of aliphatic hydroxyl groups is 1. The van der Waals surface area contributed by atoms with E-state index in [9.17, 15) is 8.42 Å². The van der Waals surface area contributed by atoms with Gasteiger partial charge < -0.3 is 5.11 Å². The van der Waals surface area contributed by atoms with Gasteiger partial charge in [-0.15, -0.1) is 0 Å². The van der Waals surface area contributed by atoms with E-state index in [1.807, 2.05) is 6.92 Å². The molecule has 0 aliphatic rings. The molecule has 0 radical (unpaired) electrons. The first-order valence-electron chi connectivity index (χ1n) is 6.04. The highest BCUT2D eigenvalue weighted by molar-refractivity contribution is 7.89. The molecule has 0 saturated heterocycles. The number of aliphatic hydroxyl groups excluding tert-OH is 1. The number of rotatable bonds is 7. The third-order valence-corrected chi connectivity index (χ3v) is 4.69. The largest absolute Gasteiger partial charge is 0.396 e. The number of nitrogens with one attached hydrogen (secondary N) is 2. The van der Waals surface area contributed by atoms with E-state index >= 15 is 0 Å². The van der Waals surface area contributed by atoms with Crippen molar-refractivity contribution in [2.45, 2.75) is 38.5 Å². The lowest BCUT2D eigenvalue weighted by molar-refractivity contribution is 0.254. The van der Waals surface area contributed by atoms with E-state index in [1.54, 1.807) is 13.8 Å². The van der Waals surface area contributed by atoms with Gasteiger partial charge in [0.05, 0.1) is 11.4 Å². The monoisotopic (exact) mass is 275 g/mol. The zero-order valence-corrected chi connectivity index (χ0v) is 11.8. The maximum Gasteiger partial charge on any atom is 0.244 e. The molecule has 0 amide bonds. The van der Waals surface area contributed by atoms with Crippen LogP contribution >= 0.6 is 0 Å². The zero-order valence-electron chi connectivity index (χ0n) is 11.0. The number of nitrogens with zero attached hydrogens (tertiary/aromatic N) is 1. The Bertz CT molecular complexity index is 462. The summed E-state index contributed by atoms with van der Waals surface area (Å²) >= 11 is 0. The Labute approximate surface area is 108 Å². The van der Waals surface area contributed by atoms with E-state index in [-0.39, 0.29) is 17.4 Å². The van der Waals surface area contributed by atoms with Gasteiger partial charge in [-0.2, -0.15) is 5.10 Å². The van der Waals surface area contributed by atoms with Crippen molar-refractivity contribution in [1.29, 1.82) is 0 Å². The summed E-state index contributed by atoms with van der Waals surface area (Å²) in [5.41, 5.74) is 1.01. The van der Waals surface area contributed by atoms with Crippen LogP contribution in [0.3, 0.4) is 0 Å². The van der Waals surface area contributed by atoms with Crippen LogP contribution in [-0.2, 0) is 10.0 Å². The van der Waals surface area contributed by atoms with Crippen molar-refractivity contribution in [2.24, 2.45) is 5.92 Å². The summed E-state index contributed by atoms with van der Waals surface area (Å²) in [6, 6.07) is 0. The highest BCUT2D eigenvalue weighted by Gasteiger charge is 2.22. The van der Waals surface area contributed by atoms with Gasteiger partial charge in [0, 0.05) is 13.2 Å². The molecule has 0 fully saturated rings. The average molecular weight is 275 g/mol. The lowest BCUT2D eigenvalue weighted by Gasteiger charge is -2.14. The summed E-state index contributed by atoms with van der Waals surface area (Å²) in [6.07, 6.45) is 1.43. The predicted octanol–water partition coefficient (Wildman–Crippen LogP) is 0.713. The molecular formula is C11H21N3O3S. The minimum absolute atomic E-state index is 0.0734. The molecule has 1 aromatic heterocycles. The molecule has 0 bridgehead atoms. The van der Waals surface area contributed by atoms with E-state index in [4.69, 9.17) is 5.11 Å². The maximum atomic E-state index is 12.1. The van der Waals surface area contributed by atoms with Crippen molar-refractivity contribution in [1.82, 2.24) is 14.9 Å². The van der Waals surface area contributed by atoms with Gasteiger partial charge in [0.2, 0.25) is 10.0 Å². The molecule has 7 heteroatoms. The highest BCUT2D eigenvalue weighted by Crippen LogP contribution is 2.17. The highest BCUT2D eigenvalue weighted by atomic mass is 32.2. The molecular weight excluding hydrogens is 254 g/mol. The first-order chi connectivity index (χ1) is 8.42. The summed E-state index contributed by atoms with van der Waals surface area (Å²) in [5, 5.41) is 15.4. The maximum absolute atomic E-state index is 12.1. The van der Waals surface area contributed by atoms with Crippen LogP contribution in [0, 0.1) is 19.8 Å². The van der Waals surface area contributed by atoms with Gasteiger partial charge in [-0.1, -0.05) is 13.3 Å². The minimum atomic E-state index is -3.53. The van der Waals surface area contributed by atoms with Crippen molar-refractivity contribution in [3.05, 3.63) is 11.4 Å². The molecule has 1 atom stereocenters. The van der Waals surface area contributed by atoms with E-state index in [0.29, 0.717) is 24.4 Å². The lowest BCUT2D eigenvalue weighted by atomic mass is 10.0. The number of sulfonamides is 1. The predicted molar refractivity (Wildman–Crippen MR) is 68.7 cm³/mol. The van der Waals surface area contributed by atoms with Crippen molar-refractivity contribution in [2.75, 3.05) is 13.2 Å². The van der Waals surface area contributed by atoms with Crippen molar-refractivity contribution >= 4 is 10.0 Å². The Hall–Kier alpha value is -0.920. The van der Waals surface area contributed by atoms with Crippen molar-refractivity contribution < 1.29 is 13.5 Å². The third kappa shape index (κ3) is 3.54. The van der Waals surface area contributed by atoms with Gasteiger partial charge in [0.25, 0.3) is 0 Å². The fraction of sp³-hybridized carbons (Fsp3) is 0.727. The quantitative estimate of drug-likeness (QED) is 0.683. The normalized spacial score (nSPS) is 13.8. The van der Waals surface area contributed by atoms with Crippen LogP contribution in [0.25, 0.3) is 0 Å². The van der Waals surface area contributed by atoms with Crippen LogP contribution in [0.1, 0.15) is 31.2 Å². The second kappa shape index (κ2) is 6.31. The van der Waals surface area contributed by atoms with E-state index in [0.717, 1.165) is 6.42 Å². The number of H-pyrrole nitrogens is 1. The first-order valence-corrected chi connectivity index (χ1v) is 7.52. The Kier molecular flexibility index (Phi) is 5.30. The first kappa shape index (κ1) is 15.1. The molecule has 1 aromatic rings. The van der Waals surface area contributed by atoms with E-state index in [2.05, 4.69) is 14.9 Å². The standard InChI is InChI=1S/C11H21N3O3S/c1-4-10(5-6-15)7-12-18(16,17)11-8(2)13-14-9(11)3/h10,12,15H,4-7H2,1-3H3,(H,13,14). The van der Waals surface area contributed by atoms with Gasteiger partial charge in [-0.25, -0.2) is 13.1 Å². The molecule has 0 aliphatic heterocycles. The van der Waals surface area contributed by atoms with Crippen LogP contribution in [0.4, 0.5) is 0 Å². The molecule has 6 nitrogen and oxygen atoms in total.